The van der Waals surface area contributed by atoms with Gasteiger partial charge >= 0.3 is 5.97 Å². The molecule has 0 saturated heterocycles. The summed E-state index contributed by atoms with van der Waals surface area (Å²) in [6, 6.07) is 14.8. The van der Waals surface area contributed by atoms with Gasteiger partial charge in [-0.25, -0.2) is 4.98 Å². The van der Waals surface area contributed by atoms with Crippen LogP contribution in [0.2, 0.25) is 0 Å². The van der Waals surface area contributed by atoms with Crippen molar-refractivity contribution in [2.45, 2.75) is 19.3 Å². The smallest absolute Gasteiger partial charge is 0.312 e. The van der Waals surface area contributed by atoms with Crippen LogP contribution in [-0.4, -0.2) is 22.7 Å². The Kier molecular flexibility index (Phi) is 4.71. The summed E-state index contributed by atoms with van der Waals surface area (Å²) in [7, 11) is 0. The number of ether oxygens (including phenoxy) is 1. The van der Waals surface area contributed by atoms with E-state index in [9.17, 15) is 9.90 Å². The van der Waals surface area contributed by atoms with Crippen molar-refractivity contribution < 1.29 is 14.6 Å². The largest absolute Gasteiger partial charge is 0.481 e. The van der Waals surface area contributed by atoms with Crippen LogP contribution in [0.1, 0.15) is 24.1 Å². The van der Waals surface area contributed by atoms with E-state index in [1.165, 1.54) is 0 Å². The molecule has 0 radical (unpaired) electrons. The molecule has 0 aliphatic heterocycles. The van der Waals surface area contributed by atoms with Crippen molar-refractivity contribution in [3.63, 3.8) is 0 Å². The normalized spacial score (nSPS) is 11.8. The first-order chi connectivity index (χ1) is 9.70. The lowest BCUT2D eigenvalue weighted by molar-refractivity contribution is -0.138. The summed E-state index contributed by atoms with van der Waals surface area (Å²) in [5, 5.41) is 9.43. The second-order valence-electron chi connectivity index (χ2n) is 4.41. The lowest BCUT2D eigenvalue weighted by Crippen LogP contribution is -2.16. The highest BCUT2D eigenvalue weighted by Crippen LogP contribution is 2.21. The van der Waals surface area contributed by atoms with Gasteiger partial charge in [0.2, 0.25) is 5.88 Å². The summed E-state index contributed by atoms with van der Waals surface area (Å²) in [6.07, 6.45) is 0.415. The third-order valence-corrected chi connectivity index (χ3v) is 2.98. The SMILES string of the molecule is CCOc1cccc(C(Cc2ccccc2)C(=O)O)n1. The molecule has 1 atom stereocenters. The van der Waals surface area contributed by atoms with E-state index in [4.69, 9.17) is 4.74 Å². The van der Waals surface area contributed by atoms with Gasteiger partial charge < -0.3 is 9.84 Å². The van der Waals surface area contributed by atoms with Gasteiger partial charge in [0.15, 0.2) is 0 Å². The topological polar surface area (TPSA) is 59.4 Å². The van der Waals surface area contributed by atoms with Crippen LogP contribution in [0.3, 0.4) is 0 Å². The van der Waals surface area contributed by atoms with Gasteiger partial charge in [0.1, 0.15) is 5.92 Å². The lowest BCUT2D eigenvalue weighted by atomic mass is 9.96. The molecular formula is C16H17NO3. The van der Waals surface area contributed by atoms with E-state index in [1.807, 2.05) is 37.3 Å². The van der Waals surface area contributed by atoms with E-state index in [0.29, 0.717) is 24.6 Å². The monoisotopic (exact) mass is 271 g/mol. The van der Waals surface area contributed by atoms with Crippen molar-refractivity contribution in [1.29, 1.82) is 0 Å². The number of carboxylic acids is 1. The molecule has 4 heteroatoms. The zero-order valence-electron chi connectivity index (χ0n) is 11.3. The van der Waals surface area contributed by atoms with Gasteiger partial charge in [0, 0.05) is 6.07 Å². The Balaban J connectivity index is 2.24. The van der Waals surface area contributed by atoms with Gasteiger partial charge in [-0.2, -0.15) is 0 Å². The van der Waals surface area contributed by atoms with Gasteiger partial charge in [-0.05, 0) is 25.0 Å². The number of aliphatic carboxylic acids is 1. The van der Waals surface area contributed by atoms with Gasteiger partial charge in [-0.3, -0.25) is 4.79 Å². The van der Waals surface area contributed by atoms with Crippen molar-refractivity contribution >= 4 is 5.97 Å². The molecule has 0 amide bonds. The van der Waals surface area contributed by atoms with Crippen molar-refractivity contribution in [2.24, 2.45) is 0 Å². The maximum absolute atomic E-state index is 11.5. The van der Waals surface area contributed by atoms with Crippen molar-refractivity contribution in [3.8, 4) is 5.88 Å². The van der Waals surface area contributed by atoms with Crippen LogP contribution in [-0.2, 0) is 11.2 Å². The molecule has 4 nitrogen and oxygen atoms in total. The van der Waals surface area contributed by atoms with Crippen LogP contribution in [0.5, 0.6) is 5.88 Å². The van der Waals surface area contributed by atoms with E-state index < -0.39 is 11.9 Å². The van der Waals surface area contributed by atoms with Gasteiger partial charge in [0.25, 0.3) is 0 Å². The zero-order chi connectivity index (χ0) is 14.4. The molecule has 1 heterocycles. The lowest BCUT2D eigenvalue weighted by Gasteiger charge is -2.13. The summed E-state index contributed by atoms with van der Waals surface area (Å²) in [5.41, 5.74) is 1.50. The molecular weight excluding hydrogens is 254 g/mol. The minimum atomic E-state index is -0.880. The molecule has 2 rings (SSSR count). The summed E-state index contributed by atoms with van der Waals surface area (Å²) >= 11 is 0. The summed E-state index contributed by atoms with van der Waals surface area (Å²) in [4.78, 5) is 15.8. The number of carboxylic acid groups (broad SMARTS) is 1. The first-order valence-electron chi connectivity index (χ1n) is 6.57. The zero-order valence-corrected chi connectivity index (χ0v) is 11.3. The first kappa shape index (κ1) is 14.1. The highest BCUT2D eigenvalue weighted by molar-refractivity contribution is 5.75. The minimum absolute atomic E-state index is 0.415. The molecule has 0 fully saturated rings. The van der Waals surface area contributed by atoms with Crippen molar-refractivity contribution in [1.82, 2.24) is 4.98 Å². The van der Waals surface area contributed by atoms with E-state index >= 15 is 0 Å². The molecule has 1 aromatic heterocycles. The molecule has 0 saturated carbocycles. The quantitative estimate of drug-likeness (QED) is 0.877. The van der Waals surface area contributed by atoms with Crippen molar-refractivity contribution in [2.75, 3.05) is 6.61 Å². The highest BCUT2D eigenvalue weighted by Gasteiger charge is 2.22. The minimum Gasteiger partial charge on any atom is -0.481 e. The Morgan fingerprint density at radius 2 is 1.95 bits per heavy atom. The van der Waals surface area contributed by atoms with Crippen LogP contribution in [0, 0.1) is 0 Å². The number of pyridine rings is 1. The highest BCUT2D eigenvalue weighted by atomic mass is 16.5. The molecule has 0 aliphatic rings. The van der Waals surface area contributed by atoms with Crippen molar-refractivity contribution in [3.05, 3.63) is 59.8 Å². The predicted molar refractivity (Wildman–Crippen MR) is 75.9 cm³/mol. The maximum atomic E-state index is 11.5. The Bertz CT molecular complexity index is 569. The van der Waals surface area contributed by atoms with Crippen LogP contribution in [0.15, 0.2) is 48.5 Å². The molecule has 0 bridgehead atoms. The molecule has 104 valence electrons. The fourth-order valence-corrected chi connectivity index (χ4v) is 2.02. The molecule has 1 aromatic carbocycles. The molecule has 0 spiro atoms. The number of hydrogen-bond acceptors (Lipinski definition) is 3. The van der Waals surface area contributed by atoms with Gasteiger partial charge in [0.05, 0.1) is 12.3 Å². The van der Waals surface area contributed by atoms with E-state index in [-0.39, 0.29) is 0 Å². The Hall–Kier alpha value is -2.36. The number of aromatic nitrogens is 1. The average molecular weight is 271 g/mol. The van der Waals surface area contributed by atoms with Gasteiger partial charge in [-0.1, -0.05) is 36.4 Å². The second-order valence-corrected chi connectivity index (χ2v) is 4.41. The number of hydrogen-bond donors (Lipinski definition) is 1. The summed E-state index contributed by atoms with van der Waals surface area (Å²) in [5.74, 6) is -1.09. The van der Waals surface area contributed by atoms with E-state index in [0.717, 1.165) is 5.56 Å². The fourth-order valence-electron chi connectivity index (χ4n) is 2.02. The molecule has 1 unspecified atom stereocenters. The first-order valence-corrected chi connectivity index (χ1v) is 6.57. The summed E-state index contributed by atoms with van der Waals surface area (Å²) in [6.45, 7) is 2.37. The Morgan fingerprint density at radius 3 is 2.60 bits per heavy atom. The second kappa shape index (κ2) is 6.70. The molecule has 0 aliphatic carbocycles. The van der Waals surface area contributed by atoms with Gasteiger partial charge in [-0.15, -0.1) is 0 Å². The van der Waals surface area contributed by atoms with E-state index in [1.54, 1.807) is 18.2 Å². The van der Waals surface area contributed by atoms with Crippen LogP contribution in [0.4, 0.5) is 0 Å². The van der Waals surface area contributed by atoms with Crippen LogP contribution >= 0.6 is 0 Å². The third kappa shape index (κ3) is 3.57. The number of nitrogens with zero attached hydrogens (tertiary/aromatic N) is 1. The number of carbonyl (C=O) groups is 1. The average Bonchev–Trinajstić information content (AvgIpc) is 2.46. The molecule has 2 aromatic rings. The molecule has 20 heavy (non-hydrogen) atoms. The maximum Gasteiger partial charge on any atom is 0.312 e. The predicted octanol–water partition coefficient (Wildman–Crippen LogP) is 2.89. The van der Waals surface area contributed by atoms with Crippen LogP contribution in [0.25, 0.3) is 0 Å². The fraction of sp³-hybridized carbons (Fsp3) is 0.250. The summed E-state index contributed by atoms with van der Waals surface area (Å²) < 4.78 is 5.32. The standard InChI is InChI=1S/C16H17NO3/c1-2-20-15-10-6-9-14(17-15)13(16(18)19)11-12-7-4-3-5-8-12/h3-10,13H,2,11H2,1H3,(H,18,19). The number of rotatable bonds is 6. The Morgan fingerprint density at radius 1 is 1.20 bits per heavy atom. The Labute approximate surface area is 118 Å². The van der Waals surface area contributed by atoms with Crippen LogP contribution < -0.4 is 4.74 Å². The third-order valence-electron chi connectivity index (χ3n) is 2.98. The van der Waals surface area contributed by atoms with E-state index in [2.05, 4.69) is 4.98 Å². The molecule has 1 N–H and O–H groups in total. The number of benzene rings is 1.